The Bertz CT molecular complexity index is 719. The number of hydrogen-bond donors (Lipinski definition) is 1. The third-order valence-electron chi connectivity index (χ3n) is 4.66. The van der Waals surface area contributed by atoms with Crippen molar-refractivity contribution in [3.05, 3.63) is 48.0 Å². The lowest BCUT2D eigenvalue weighted by Crippen LogP contribution is -2.45. The van der Waals surface area contributed by atoms with Gasteiger partial charge in [-0.15, -0.1) is 0 Å². The molecule has 1 saturated heterocycles. The molecule has 0 aliphatic carbocycles. The Kier molecular flexibility index (Phi) is 6.79. The van der Waals surface area contributed by atoms with Crippen LogP contribution in [0, 0.1) is 0 Å². The van der Waals surface area contributed by atoms with Crippen molar-refractivity contribution in [2.24, 2.45) is 0 Å². The number of benzene rings is 2. The van der Waals surface area contributed by atoms with Gasteiger partial charge in [-0.1, -0.05) is 6.07 Å². The van der Waals surface area contributed by atoms with Crippen LogP contribution in [0.25, 0.3) is 0 Å². The average molecular weight is 373 g/mol. The van der Waals surface area contributed by atoms with Gasteiger partial charge in [0.2, 0.25) is 0 Å². The number of nitrogens with zero attached hydrogens (tertiary/aromatic N) is 1. The SMILES string of the molecule is COc1ccc(CCN2CCO[C@@H](COc3ccc(O)cc3)C2)cc1OC. The van der Waals surface area contributed by atoms with Crippen molar-refractivity contribution in [1.82, 2.24) is 4.90 Å². The van der Waals surface area contributed by atoms with Gasteiger partial charge >= 0.3 is 0 Å². The molecule has 0 unspecified atom stereocenters. The zero-order valence-electron chi connectivity index (χ0n) is 15.9. The Labute approximate surface area is 160 Å². The van der Waals surface area contributed by atoms with Gasteiger partial charge in [-0.05, 0) is 48.4 Å². The Balaban J connectivity index is 1.47. The van der Waals surface area contributed by atoms with Crippen molar-refractivity contribution in [1.29, 1.82) is 0 Å². The predicted molar refractivity (Wildman–Crippen MR) is 103 cm³/mol. The summed E-state index contributed by atoms with van der Waals surface area (Å²) in [5.74, 6) is 2.48. The maximum absolute atomic E-state index is 9.32. The second-order valence-electron chi connectivity index (χ2n) is 6.54. The van der Waals surface area contributed by atoms with Gasteiger partial charge in [0.1, 0.15) is 24.2 Å². The lowest BCUT2D eigenvalue weighted by atomic mass is 10.1. The lowest BCUT2D eigenvalue weighted by Gasteiger charge is -2.32. The third-order valence-corrected chi connectivity index (χ3v) is 4.66. The van der Waals surface area contributed by atoms with Gasteiger partial charge in [0, 0.05) is 19.6 Å². The molecule has 2 aromatic rings. The van der Waals surface area contributed by atoms with Gasteiger partial charge in [0.25, 0.3) is 0 Å². The van der Waals surface area contributed by atoms with Crippen LogP contribution < -0.4 is 14.2 Å². The van der Waals surface area contributed by atoms with Crippen LogP contribution in [0.5, 0.6) is 23.0 Å². The molecule has 1 atom stereocenters. The summed E-state index contributed by atoms with van der Waals surface area (Å²) in [6.07, 6.45) is 0.976. The number of phenols is 1. The van der Waals surface area contributed by atoms with Crippen LogP contribution in [0.2, 0.25) is 0 Å². The maximum atomic E-state index is 9.32. The van der Waals surface area contributed by atoms with Crippen LogP contribution in [0.15, 0.2) is 42.5 Å². The molecule has 0 aromatic heterocycles. The number of aromatic hydroxyl groups is 1. The van der Waals surface area contributed by atoms with E-state index in [9.17, 15) is 5.11 Å². The fourth-order valence-corrected chi connectivity index (χ4v) is 3.14. The highest BCUT2D eigenvalue weighted by atomic mass is 16.5. The second-order valence-corrected chi connectivity index (χ2v) is 6.54. The van der Waals surface area contributed by atoms with E-state index in [1.54, 1.807) is 38.5 Å². The van der Waals surface area contributed by atoms with E-state index < -0.39 is 0 Å². The lowest BCUT2D eigenvalue weighted by molar-refractivity contribution is -0.0475. The molecule has 1 aliphatic heterocycles. The zero-order valence-corrected chi connectivity index (χ0v) is 15.9. The molecule has 6 nitrogen and oxygen atoms in total. The smallest absolute Gasteiger partial charge is 0.160 e. The highest BCUT2D eigenvalue weighted by Gasteiger charge is 2.21. The molecule has 3 rings (SSSR count). The Morgan fingerprint density at radius 2 is 1.85 bits per heavy atom. The summed E-state index contributed by atoms with van der Waals surface area (Å²) in [7, 11) is 3.30. The van der Waals surface area contributed by atoms with E-state index in [-0.39, 0.29) is 11.9 Å². The van der Waals surface area contributed by atoms with Crippen molar-refractivity contribution in [3.63, 3.8) is 0 Å². The van der Waals surface area contributed by atoms with Crippen LogP contribution >= 0.6 is 0 Å². The van der Waals surface area contributed by atoms with E-state index in [4.69, 9.17) is 18.9 Å². The van der Waals surface area contributed by atoms with Crippen molar-refractivity contribution in [2.45, 2.75) is 12.5 Å². The van der Waals surface area contributed by atoms with E-state index in [0.29, 0.717) is 13.2 Å². The summed E-state index contributed by atoms with van der Waals surface area (Å²) in [5, 5.41) is 9.32. The number of ether oxygens (including phenoxy) is 4. The first-order valence-electron chi connectivity index (χ1n) is 9.14. The predicted octanol–water partition coefficient (Wildman–Crippen LogP) is 2.73. The summed E-state index contributed by atoms with van der Waals surface area (Å²) < 4.78 is 22.3. The summed E-state index contributed by atoms with van der Waals surface area (Å²) in [5.41, 5.74) is 1.22. The first-order valence-corrected chi connectivity index (χ1v) is 9.14. The Hall–Kier alpha value is -2.44. The van der Waals surface area contributed by atoms with E-state index in [1.165, 1.54) is 5.56 Å². The fraction of sp³-hybridized carbons (Fsp3) is 0.429. The summed E-state index contributed by atoms with van der Waals surface area (Å²) in [4.78, 5) is 2.39. The molecule has 146 valence electrons. The average Bonchev–Trinajstić information content (AvgIpc) is 2.72. The number of phenolic OH excluding ortho intramolecular Hbond substituents is 1. The number of morpholine rings is 1. The van der Waals surface area contributed by atoms with Gasteiger partial charge in [0.05, 0.1) is 20.8 Å². The minimum Gasteiger partial charge on any atom is -0.508 e. The largest absolute Gasteiger partial charge is 0.508 e. The van der Waals surface area contributed by atoms with E-state index in [1.807, 2.05) is 12.1 Å². The molecule has 27 heavy (non-hydrogen) atoms. The number of methoxy groups -OCH3 is 2. The molecule has 0 bridgehead atoms. The molecular formula is C21H27NO5. The normalized spacial score (nSPS) is 17.5. The fourth-order valence-electron chi connectivity index (χ4n) is 3.14. The third kappa shape index (κ3) is 5.52. The van der Waals surface area contributed by atoms with Gasteiger partial charge in [-0.3, -0.25) is 4.90 Å². The highest BCUT2D eigenvalue weighted by Crippen LogP contribution is 2.27. The molecule has 0 amide bonds. The molecule has 1 fully saturated rings. The highest BCUT2D eigenvalue weighted by molar-refractivity contribution is 5.43. The van der Waals surface area contributed by atoms with Crippen LogP contribution in [0.4, 0.5) is 0 Å². The number of hydrogen-bond acceptors (Lipinski definition) is 6. The molecule has 6 heteroatoms. The summed E-state index contributed by atoms with van der Waals surface area (Å²) in [6.45, 7) is 3.91. The van der Waals surface area contributed by atoms with Gasteiger partial charge in [-0.25, -0.2) is 0 Å². The van der Waals surface area contributed by atoms with Crippen LogP contribution in [0.1, 0.15) is 5.56 Å². The van der Waals surface area contributed by atoms with Crippen LogP contribution in [-0.2, 0) is 11.2 Å². The van der Waals surface area contributed by atoms with E-state index >= 15 is 0 Å². The number of rotatable bonds is 8. The van der Waals surface area contributed by atoms with Crippen molar-refractivity contribution in [2.75, 3.05) is 47.1 Å². The van der Waals surface area contributed by atoms with Gasteiger partial charge < -0.3 is 24.1 Å². The standard InChI is InChI=1S/C21H27NO5/c1-24-20-8-3-16(13-21(20)25-2)9-10-22-11-12-26-19(14-22)15-27-18-6-4-17(23)5-7-18/h3-8,13,19,23H,9-12,14-15H2,1-2H3/t19-/m1/s1. The minimum atomic E-state index is 0.0398. The molecular weight excluding hydrogens is 346 g/mol. The molecule has 0 saturated carbocycles. The second kappa shape index (κ2) is 9.48. The summed E-state index contributed by atoms with van der Waals surface area (Å²) in [6, 6.07) is 12.8. The Morgan fingerprint density at radius 3 is 2.59 bits per heavy atom. The quantitative estimate of drug-likeness (QED) is 0.768. The molecule has 1 heterocycles. The molecule has 1 N–H and O–H groups in total. The van der Waals surface area contributed by atoms with E-state index in [0.717, 1.165) is 43.3 Å². The van der Waals surface area contributed by atoms with Crippen molar-refractivity contribution in [3.8, 4) is 23.0 Å². The summed E-state index contributed by atoms with van der Waals surface area (Å²) >= 11 is 0. The monoisotopic (exact) mass is 373 g/mol. The van der Waals surface area contributed by atoms with Gasteiger partial charge in [-0.2, -0.15) is 0 Å². The molecule has 0 radical (unpaired) electrons. The molecule has 1 aliphatic rings. The Morgan fingerprint density at radius 1 is 1.07 bits per heavy atom. The topological polar surface area (TPSA) is 60.4 Å². The maximum Gasteiger partial charge on any atom is 0.160 e. The van der Waals surface area contributed by atoms with E-state index in [2.05, 4.69) is 11.0 Å². The minimum absolute atomic E-state index is 0.0398. The van der Waals surface area contributed by atoms with Crippen molar-refractivity contribution >= 4 is 0 Å². The molecule has 2 aromatic carbocycles. The van der Waals surface area contributed by atoms with Gasteiger partial charge in [0.15, 0.2) is 11.5 Å². The van der Waals surface area contributed by atoms with Crippen LogP contribution in [0.3, 0.4) is 0 Å². The first kappa shape index (κ1) is 19.3. The van der Waals surface area contributed by atoms with Crippen LogP contribution in [-0.4, -0.2) is 63.2 Å². The molecule has 0 spiro atoms. The zero-order chi connectivity index (χ0) is 19.1. The van der Waals surface area contributed by atoms with Crippen molar-refractivity contribution < 1.29 is 24.1 Å². The first-order chi connectivity index (χ1) is 13.2.